The maximum atomic E-state index is 10.1. The molecule has 0 saturated carbocycles. The number of phenols is 2. The molecule has 2 rings (SSSR count). The number of aromatic hydroxyl groups is 2. The van der Waals surface area contributed by atoms with Crippen LogP contribution in [0.2, 0.25) is 0 Å². The summed E-state index contributed by atoms with van der Waals surface area (Å²) in [5.74, 6) is 1.15. The van der Waals surface area contributed by atoms with Crippen LogP contribution >= 0.6 is 0 Å². The molecule has 2 N–H and O–H groups in total. The Morgan fingerprint density at radius 1 is 1.10 bits per heavy atom. The predicted octanol–water partition coefficient (Wildman–Crippen LogP) is 4.35. The molecule has 1 unspecified atom stereocenters. The minimum atomic E-state index is 0.0768. The van der Waals surface area contributed by atoms with E-state index in [4.69, 9.17) is 4.74 Å². The third kappa shape index (κ3) is 3.30. The average molecular weight is 286 g/mol. The van der Waals surface area contributed by atoms with E-state index in [9.17, 15) is 10.2 Å². The summed E-state index contributed by atoms with van der Waals surface area (Å²) in [4.78, 5) is 0. The van der Waals surface area contributed by atoms with E-state index in [-0.39, 0.29) is 17.4 Å². The molecule has 3 heteroatoms. The van der Waals surface area contributed by atoms with Crippen LogP contribution in [0.3, 0.4) is 0 Å². The van der Waals surface area contributed by atoms with E-state index in [1.807, 2.05) is 19.1 Å². The van der Waals surface area contributed by atoms with Crippen LogP contribution in [-0.2, 0) is 0 Å². The van der Waals surface area contributed by atoms with Gasteiger partial charge in [0, 0.05) is 17.5 Å². The Morgan fingerprint density at radius 2 is 1.86 bits per heavy atom. The van der Waals surface area contributed by atoms with Crippen LogP contribution in [0.4, 0.5) is 0 Å². The summed E-state index contributed by atoms with van der Waals surface area (Å²) >= 11 is 0. The molecule has 1 atom stereocenters. The molecule has 0 aliphatic carbocycles. The van der Waals surface area contributed by atoms with Gasteiger partial charge in [0.1, 0.15) is 17.2 Å². The second kappa shape index (κ2) is 6.53. The number of hydrogen-bond donors (Lipinski definition) is 2. The standard InChI is InChI=1S/C18H22O3/c1-4-5-15(16-9-8-14(19)11-17(16)20)13-7-6-12(2)18(10-13)21-3/h6-11,15,19-20H,4-5H2,1-3H3. The SMILES string of the molecule is CCCC(c1ccc(C)c(OC)c1)c1ccc(O)cc1O. The van der Waals surface area contributed by atoms with Gasteiger partial charge in [0.2, 0.25) is 0 Å². The normalized spacial score (nSPS) is 12.1. The van der Waals surface area contributed by atoms with Crippen LogP contribution in [0.1, 0.15) is 42.4 Å². The molecule has 0 aliphatic heterocycles. The molecule has 0 aliphatic rings. The topological polar surface area (TPSA) is 49.7 Å². The first-order valence-corrected chi connectivity index (χ1v) is 7.23. The van der Waals surface area contributed by atoms with E-state index in [1.165, 1.54) is 6.07 Å². The Morgan fingerprint density at radius 3 is 2.48 bits per heavy atom. The van der Waals surface area contributed by atoms with Gasteiger partial charge in [-0.25, -0.2) is 0 Å². The summed E-state index contributed by atoms with van der Waals surface area (Å²) in [5, 5.41) is 19.6. The lowest BCUT2D eigenvalue weighted by Gasteiger charge is -2.20. The summed E-state index contributed by atoms with van der Waals surface area (Å²) in [6.07, 6.45) is 1.92. The molecule has 21 heavy (non-hydrogen) atoms. The van der Waals surface area contributed by atoms with Crippen molar-refractivity contribution >= 4 is 0 Å². The minimum absolute atomic E-state index is 0.0768. The van der Waals surface area contributed by atoms with Crippen LogP contribution in [0.15, 0.2) is 36.4 Å². The van der Waals surface area contributed by atoms with Crippen molar-refractivity contribution in [3.63, 3.8) is 0 Å². The first-order chi connectivity index (χ1) is 10.1. The van der Waals surface area contributed by atoms with Crippen molar-refractivity contribution in [3.05, 3.63) is 53.1 Å². The third-order valence-corrected chi connectivity index (χ3v) is 3.80. The second-order valence-corrected chi connectivity index (χ2v) is 5.31. The monoisotopic (exact) mass is 286 g/mol. The summed E-state index contributed by atoms with van der Waals surface area (Å²) < 4.78 is 5.40. The molecule has 0 amide bonds. The number of methoxy groups -OCH3 is 1. The van der Waals surface area contributed by atoms with Gasteiger partial charge in [-0.1, -0.05) is 31.5 Å². The summed E-state index contributed by atoms with van der Waals surface area (Å²) in [7, 11) is 1.67. The van der Waals surface area contributed by atoms with Crippen molar-refractivity contribution in [3.8, 4) is 17.2 Å². The van der Waals surface area contributed by atoms with Crippen LogP contribution < -0.4 is 4.74 Å². The van der Waals surface area contributed by atoms with E-state index in [0.717, 1.165) is 35.3 Å². The van der Waals surface area contributed by atoms with E-state index < -0.39 is 0 Å². The van der Waals surface area contributed by atoms with E-state index >= 15 is 0 Å². The highest BCUT2D eigenvalue weighted by atomic mass is 16.5. The zero-order valence-corrected chi connectivity index (χ0v) is 12.8. The van der Waals surface area contributed by atoms with Crippen LogP contribution in [-0.4, -0.2) is 17.3 Å². The fraction of sp³-hybridized carbons (Fsp3) is 0.333. The Balaban J connectivity index is 2.47. The Bertz CT molecular complexity index is 620. The van der Waals surface area contributed by atoms with E-state index in [2.05, 4.69) is 13.0 Å². The fourth-order valence-corrected chi connectivity index (χ4v) is 2.67. The van der Waals surface area contributed by atoms with Crippen molar-refractivity contribution in [2.45, 2.75) is 32.6 Å². The number of rotatable bonds is 5. The van der Waals surface area contributed by atoms with Gasteiger partial charge >= 0.3 is 0 Å². The second-order valence-electron chi connectivity index (χ2n) is 5.31. The van der Waals surface area contributed by atoms with Gasteiger partial charge in [-0.2, -0.15) is 0 Å². The Labute approximate surface area is 125 Å². The molecule has 0 bridgehead atoms. The quantitative estimate of drug-likeness (QED) is 0.859. The van der Waals surface area contributed by atoms with Gasteiger partial charge in [0.15, 0.2) is 0 Å². The van der Waals surface area contributed by atoms with Crippen LogP contribution in [0, 0.1) is 6.92 Å². The van der Waals surface area contributed by atoms with Crippen molar-refractivity contribution < 1.29 is 14.9 Å². The van der Waals surface area contributed by atoms with Crippen molar-refractivity contribution in [1.29, 1.82) is 0 Å². The van der Waals surface area contributed by atoms with Crippen molar-refractivity contribution in [2.24, 2.45) is 0 Å². The van der Waals surface area contributed by atoms with Gasteiger partial charge in [-0.05, 0) is 36.6 Å². The molecule has 2 aromatic rings. The average Bonchev–Trinajstić information content (AvgIpc) is 2.46. The molecule has 0 radical (unpaired) electrons. The predicted molar refractivity (Wildman–Crippen MR) is 84.3 cm³/mol. The van der Waals surface area contributed by atoms with Gasteiger partial charge in [0.25, 0.3) is 0 Å². The molecular formula is C18H22O3. The van der Waals surface area contributed by atoms with E-state index in [1.54, 1.807) is 19.2 Å². The highest BCUT2D eigenvalue weighted by Gasteiger charge is 2.18. The highest BCUT2D eigenvalue weighted by molar-refractivity contribution is 5.47. The van der Waals surface area contributed by atoms with Crippen molar-refractivity contribution in [2.75, 3.05) is 7.11 Å². The number of benzene rings is 2. The zero-order valence-electron chi connectivity index (χ0n) is 12.8. The molecule has 0 fully saturated rings. The first kappa shape index (κ1) is 15.2. The Hall–Kier alpha value is -2.16. The number of hydrogen-bond acceptors (Lipinski definition) is 3. The minimum Gasteiger partial charge on any atom is -0.508 e. The van der Waals surface area contributed by atoms with Crippen LogP contribution in [0.5, 0.6) is 17.2 Å². The molecular weight excluding hydrogens is 264 g/mol. The van der Waals surface area contributed by atoms with Gasteiger partial charge in [-0.3, -0.25) is 0 Å². The van der Waals surface area contributed by atoms with Gasteiger partial charge in [0.05, 0.1) is 7.11 Å². The fourth-order valence-electron chi connectivity index (χ4n) is 2.67. The smallest absolute Gasteiger partial charge is 0.123 e. The molecule has 112 valence electrons. The molecule has 0 spiro atoms. The maximum Gasteiger partial charge on any atom is 0.123 e. The third-order valence-electron chi connectivity index (χ3n) is 3.80. The summed E-state index contributed by atoms with van der Waals surface area (Å²) in [5.41, 5.74) is 3.03. The number of ether oxygens (including phenoxy) is 1. The lowest BCUT2D eigenvalue weighted by molar-refractivity contribution is 0.410. The van der Waals surface area contributed by atoms with Crippen LogP contribution in [0.25, 0.3) is 0 Å². The lowest BCUT2D eigenvalue weighted by atomic mass is 9.86. The number of aryl methyl sites for hydroxylation is 1. The van der Waals surface area contributed by atoms with Crippen molar-refractivity contribution in [1.82, 2.24) is 0 Å². The summed E-state index contributed by atoms with van der Waals surface area (Å²) in [6.45, 7) is 4.13. The molecule has 0 heterocycles. The first-order valence-electron chi connectivity index (χ1n) is 7.23. The maximum absolute atomic E-state index is 10.1. The van der Waals surface area contributed by atoms with Gasteiger partial charge < -0.3 is 14.9 Å². The Kier molecular flexibility index (Phi) is 4.73. The molecule has 2 aromatic carbocycles. The van der Waals surface area contributed by atoms with Gasteiger partial charge in [-0.15, -0.1) is 0 Å². The largest absolute Gasteiger partial charge is 0.508 e. The lowest BCUT2D eigenvalue weighted by Crippen LogP contribution is -2.02. The summed E-state index contributed by atoms with van der Waals surface area (Å²) in [6, 6.07) is 10.9. The zero-order chi connectivity index (χ0) is 15.4. The molecule has 3 nitrogen and oxygen atoms in total. The highest BCUT2D eigenvalue weighted by Crippen LogP contribution is 2.37. The molecule has 0 saturated heterocycles. The van der Waals surface area contributed by atoms with E-state index in [0.29, 0.717) is 0 Å². The number of phenolic OH excluding ortho intramolecular Hbond substituents is 2. The molecule has 0 aromatic heterocycles.